The van der Waals surface area contributed by atoms with Gasteiger partial charge in [-0.25, -0.2) is 4.68 Å². The number of nitrogens with zero attached hydrogens (tertiary/aromatic N) is 2. The summed E-state index contributed by atoms with van der Waals surface area (Å²) in [6, 6.07) is 3.39. The highest BCUT2D eigenvalue weighted by atomic mass is 16.1. The standard InChI is InChI=1S/C12H21N3O/c1-4-7-15-12(16)6-5-11(14-15)9-13-8-10(2)3/h5-6,10,13H,4,7-9H2,1-3H3. The van der Waals surface area contributed by atoms with Crippen LogP contribution in [0.25, 0.3) is 0 Å². The summed E-state index contributed by atoms with van der Waals surface area (Å²) in [6.07, 6.45) is 0.926. The summed E-state index contributed by atoms with van der Waals surface area (Å²) in [4.78, 5) is 11.4. The Hall–Kier alpha value is -1.16. The van der Waals surface area contributed by atoms with Crippen LogP contribution in [-0.2, 0) is 13.1 Å². The van der Waals surface area contributed by atoms with E-state index in [0.29, 0.717) is 12.5 Å². The molecule has 0 bridgehead atoms. The lowest BCUT2D eigenvalue weighted by Gasteiger charge is -2.08. The zero-order valence-corrected chi connectivity index (χ0v) is 10.4. The van der Waals surface area contributed by atoms with Gasteiger partial charge in [-0.3, -0.25) is 4.79 Å². The van der Waals surface area contributed by atoms with E-state index in [-0.39, 0.29) is 5.56 Å². The van der Waals surface area contributed by atoms with Gasteiger partial charge in [-0.2, -0.15) is 5.10 Å². The van der Waals surface area contributed by atoms with Crippen LogP contribution in [0.5, 0.6) is 0 Å². The van der Waals surface area contributed by atoms with Gasteiger partial charge in [0.2, 0.25) is 0 Å². The molecule has 16 heavy (non-hydrogen) atoms. The van der Waals surface area contributed by atoms with Crippen molar-refractivity contribution in [1.82, 2.24) is 15.1 Å². The van der Waals surface area contributed by atoms with Crippen molar-refractivity contribution in [2.75, 3.05) is 6.54 Å². The second-order valence-corrected chi connectivity index (χ2v) is 4.41. The first kappa shape index (κ1) is 12.9. The smallest absolute Gasteiger partial charge is 0.266 e. The molecular weight excluding hydrogens is 202 g/mol. The van der Waals surface area contributed by atoms with E-state index in [4.69, 9.17) is 0 Å². The Morgan fingerprint density at radius 1 is 1.44 bits per heavy atom. The molecule has 0 aliphatic heterocycles. The first-order valence-corrected chi connectivity index (χ1v) is 5.91. The summed E-state index contributed by atoms with van der Waals surface area (Å²) in [5, 5.41) is 7.61. The lowest BCUT2D eigenvalue weighted by molar-refractivity contribution is 0.519. The van der Waals surface area contributed by atoms with Gasteiger partial charge in [0.25, 0.3) is 5.56 Å². The maximum absolute atomic E-state index is 11.4. The molecule has 0 saturated carbocycles. The third-order valence-electron chi connectivity index (χ3n) is 2.22. The van der Waals surface area contributed by atoms with E-state index in [1.54, 1.807) is 12.1 Å². The lowest BCUT2D eigenvalue weighted by Crippen LogP contribution is -2.26. The van der Waals surface area contributed by atoms with Crippen LogP contribution < -0.4 is 10.9 Å². The van der Waals surface area contributed by atoms with Gasteiger partial charge in [-0.15, -0.1) is 0 Å². The Labute approximate surface area is 96.7 Å². The van der Waals surface area contributed by atoms with E-state index in [1.807, 2.05) is 6.92 Å². The lowest BCUT2D eigenvalue weighted by atomic mass is 10.2. The highest BCUT2D eigenvalue weighted by molar-refractivity contribution is 5.00. The Morgan fingerprint density at radius 2 is 2.19 bits per heavy atom. The third-order valence-corrected chi connectivity index (χ3v) is 2.22. The van der Waals surface area contributed by atoms with E-state index in [9.17, 15) is 4.79 Å². The molecule has 0 aliphatic rings. The minimum Gasteiger partial charge on any atom is -0.311 e. The normalized spacial score (nSPS) is 11.0. The van der Waals surface area contributed by atoms with Crippen molar-refractivity contribution in [1.29, 1.82) is 0 Å². The van der Waals surface area contributed by atoms with Crippen LogP contribution in [0.4, 0.5) is 0 Å². The van der Waals surface area contributed by atoms with Gasteiger partial charge < -0.3 is 5.32 Å². The van der Waals surface area contributed by atoms with Crippen LogP contribution in [0, 0.1) is 5.92 Å². The molecule has 4 heteroatoms. The highest BCUT2D eigenvalue weighted by Gasteiger charge is 2.00. The van der Waals surface area contributed by atoms with E-state index in [2.05, 4.69) is 24.3 Å². The molecule has 1 aromatic heterocycles. The molecule has 0 atom stereocenters. The van der Waals surface area contributed by atoms with E-state index < -0.39 is 0 Å². The van der Waals surface area contributed by atoms with Gasteiger partial charge >= 0.3 is 0 Å². The summed E-state index contributed by atoms with van der Waals surface area (Å²) in [6.45, 7) is 8.75. The minimum absolute atomic E-state index is 0.0190. The predicted molar refractivity (Wildman–Crippen MR) is 65.3 cm³/mol. The van der Waals surface area contributed by atoms with Crippen molar-refractivity contribution in [2.24, 2.45) is 5.92 Å². The van der Waals surface area contributed by atoms with E-state index in [0.717, 1.165) is 25.2 Å². The number of hydrogen-bond donors (Lipinski definition) is 1. The SMILES string of the molecule is CCCn1nc(CNCC(C)C)ccc1=O. The summed E-state index contributed by atoms with van der Waals surface area (Å²) < 4.78 is 1.53. The molecule has 1 aromatic rings. The second-order valence-electron chi connectivity index (χ2n) is 4.41. The maximum Gasteiger partial charge on any atom is 0.266 e. The van der Waals surface area contributed by atoms with Crippen molar-refractivity contribution >= 4 is 0 Å². The summed E-state index contributed by atoms with van der Waals surface area (Å²) >= 11 is 0. The second kappa shape index (κ2) is 6.43. The molecule has 0 radical (unpaired) electrons. The molecule has 1 heterocycles. The first-order valence-electron chi connectivity index (χ1n) is 5.91. The average molecular weight is 223 g/mol. The summed E-state index contributed by atoms with van der Waals surface area (Å²) in [5.41, 5.74) is 0.906. The van der Waals surface area contributed by atoms with Gasteiger partial charge in [-0.05, 0) is 24.9 Å². The van der Waals surface area contributed by atoms with Crippen LogP contribution >= 0.6 is 0 Å². The topological polar surface area (TPSA) is 46.9 Å². The molecule has 0 amide bonds. The Kier molecular flexibility index (Phi) is 5.19. The molecule has 0 spiro atoms. The largest absolute Gasteiger partial charge is 0.311 e. The zero-order chi connectivity index (χ0) is 12.0. The third kappa shape index (κ3) is 4.14. The molecule has 0 aromatic carbocycles. The molecule has 0 unspecified atom stereocenters. The molecule has 0 fully saturated rings. The minimum atomic E-state index is -0.0190. The van der Waals surface area contributed by atoms with Crippen molar-refractivity contribution in [3.63, 3.8) is 0 Å². The number of hydrogen-bond acceptors (Lipinski definition) is 3. The highest BCUT2D eigenvalue weighted by Crippen LogP contribution is 1.93. The number of aromatic nitrogens is 2. The Bertz CT molecular complexity index is 371. The number of aryl methyl sites for hydroxylation is 1. The van der Waals surface area contributed by atoms with E-state index >= 15 is 0 Å². The van der Waals surface area contributed by atoms with Crippen molar-refractivity contribution in [2.45, 2.75) is 40.3 Å². The van der Waals surface area contributed by atoms with Crippen LogP contribution in [0.3, 0.4) is 0 Å². The predicted octanol–water partition coefficient (Wildman–Crippen LogP) is 1.40. The molecule has 0 aliphatic carbocycles. The van der Waals surface area contributed by atoms with Crippen LogP contribution in [0.1, 0.15) is 32.9 Å². The molecule has 0 saturated heterocycles. The van der Waals surface area contributed by atoms with Crippen LogP contribution in [-0.4, -0.2) is 16.3 Å². The van der Waals surface area contributed by atoms with Gasteiger partial charge in [0.15, 0.2) is 0 Å². The van der Waals surface area contributed by atoms with Crippen molar-refractivity contribution in [3.05, 3.63) is 28.2 Å². The Morgan fingerprint density at radius 3 is 2.81 bits per heavy atom. The molecule has 1 N–H and O–H groups in total. The molecule has 1 rings (SSSR count). The van der Waals surface area contributed by atoms with Crippen molar-refractivity contribution < 1.29 is 0 Å². The average Bonchev–Trinajstić information content (AvgIpc) is 2.22. The van der Waals surface area contributed by atoms with Crippen molar-refractivity contribution in [3.8, 4) is 0 Å². The fraction of sp³-hybridized carbons (Fsp3) is 0.667. The summed E-state index contributed by atoms with van der Waals surface area (Å²) in [5.74, 6) is 0.626. The van der Waals surface area contributed by atoms with E-state index in [1.165, 1.54) is 4.68 Å². The first-order chi connectivity index (χ1) is 7.63. The molecule has 90 valence electrons. The Balaban J connectivity index is 2.60. The van der Waals surface area contributed by atoms with Crippen LogP contribution in [0.2, 0.25) is 0 Å². The fourth-order valence-electron chi connectivity index (χ4n) is 1.45. The number of rotatable bonds is 6. The molecular formula is C12H21N3O. The van der Waals surface area contributed by atoms with Gasteiger partial charge in [0.1, 0.15) is 0 Å². The quantitative estimate of drug-likeness (QED) is 0.793. The number of nitrogens with one attached hydrogen (secondary N) is 1. The fourth-order valence-corrected chi connectivity index (χ4v) is 1.45. The van der Waals surface area contributed by atoms with Gasteiger partial charge in [0.05, 0.1) is 5.69 Å². The van der Waals surface area contributed by atoms with Gasteiger partial charge in [-0.1, -0.05) is 20.8 Å². The molecule has 4 nitrogen and oxygen atoms in total. The van der Waals surface area contributed by atoms with Crippen LogP contribution in [0.15, 0.2) is 16.9 Å². The summed E-state index contributed by atoms with van der Waals surface area (Å²) in [7, 11) is 0. The monoisotopic (exact) mass is 223 g/mol. The van der Waals surface area contributed by atoms with Gasteiger partial charge in [0, 0.05) is 19.2 Å². The maximum atomic E-state index is 11.4. The zero-order valence-electron chi connectivity index (χ0n) is 10.4.